The van der Waals surface area contributed by atoms with Gasteiger partial charge < -0.3 is 14.2 Å². The molecule has 0 heterocycles. The fraction of sp³-hybridized carbons (Fsp3) is 0.250. The average Bonchev–Trinajstić information content (AvgIpc) is 2.63. The number of ether oxygens (including phenoxy) is 3. The zero-order chi connectivity index (χ0) is 18.8. The highest BCUT2D eigenvalue weighted by Gasteiger charge is 1.98. The van der Waals surface area contributed by atoms with Crippen LogP contribution in [0.3, 0.4) is 0 Å². The third-order valence-corrected chi connectivity index (χ3v) is 4.33. The molecule has 0 atom stereocenters. The van der Waals surface area contributed by atoms with Gasteiger partial charge >= 0.3 is 5.97 Å². The molecule has 2 rings (SSSR count). The lowest BCUT2D eigenvalue weighted by molar-refractivity contribution is -0.134. The molecule has 4 nitrogen and oxygen atoms in total. The second-order valence-electron chi connectivity index (χ2n) is 5.19. The van der Waals surface area contributed by atoms with Crippen molar-refractivity contribution in [3.8, 4) is 11.5 Å². The van der Waals surface area contributed by atoms with E-state index in [1.165, 1.54) is 18.7 Å². The van der Waals surface area contributed by atoms with E-state index < -0.39 is 0 Å². The Hall–Kier alpha value is -2.27. The maximum atomic E-state index is 10.9. The Balaban J connectivity index is 0.000000271. The third kappa shape index (κ3) is 7.01. The van der Waals surface area contributed by atoms with E-state index in [2.05, 4.69) is 20.7 Å². The van der Waals surface area contributed by atoms with Crippen molar-refractivity contribution in [3.63, 3.8) is 0 Å². The topological polar surface area (TPSA) is 44.8 Å². The SMILES string of the molecule is COC(=O)/C=C/c1ccc(OC)cc1C.COc1ccc(Br)c(C)c1. The van der Waals surface area contributed by atoms with Gasteiger partial charge in [-0.1, -0.05) is 22.0 Å². The van der Waals surface area contributed by atoms with Crippen LogP contribution in [-0.4, -0.2) is 27.3 Å². The maximum absolute atomic E-state index is 10.9. The highest BCUT2D eigenvalue weighted by Crippen LogP contribution is 2.21. The van der Waals surface area contributed by atoms with Crippen LogP contribution < -0.4 is 9.47 Å². The summed E-state index contributed by atoms with van der Waals surface area (Å²) in [7, 11) is 4.65. The first-order chi connectivity index (χ1) is 11.9. The Morgan fingerprint density at radius 1 is 0.920 bits per heavy atom. The maximum Gasteiger partial charge on any atom is 0.330 e. The van der Waals surface area contributed by atoms with Gasteiger partial charge in [0.25, 0.3) is 0 Å². The van der Waals surface area contributed by atoms with Crippen LogP contribution in [-0.2, 0) is 9.53 Å². The number of carbonyl (C=O) groups excluding carboxylic acids is 1. The summed E-state index contributed by atoms with van der Waals surface area (Å²) in [4.78, 5) is 10.9. The summed E-state index contributed by atoms with van der Waals surface area (Å²) in [5, 5.41) is 0. The van der Waals surface area contributed by atoms with Crippen molar-refractivity contribution >= 4 is 28.0 Å². The zero-order valence-corrected chi connectivity index (χ0v) is 16.7. The first-order valence-electron chi connectivity index (χ1n) is 7.62. The molecule has 0 saturated heterocycles. The van der Waals surface area contributed by atoms with Gasteiger partial charge in [0.1, 0.15) is 11.5 Å². The largest absolute Gasteiger partial charge is 0.497 e. The summed E-state index contributed by atoms with van der Waals surface area (Å²) < 4.78 is 15.7. The Morgan fingerprint density at radius 2 is 1.48 bits per heavy atom. The molecule has 0 aliphatic rings. The molecule has 0 fully saturated rings. The molecule has 5 heteroatoms. The molecule has 0 amide bonds. The van der Waals surface area contributed by atoms with Crippen molar-refractivity contribution in [2.75, 3.05) is 21.3 Å². The van der Waals surface area contributed by atoms with Crippen LogP contribution in [0.2, 0.25) is 0 Å². The van der Waals surface area contributed by atoms with Crippen LogP contribution in [0, 0.1) is 13.8 Å². The molecule has 0 aromatic heterocycles. The number of hydrogen-bond donors (Lipinski definition) is 0. The molecule has 2 aromatic carbocycles. The fourth-order valence-electron chi connectivity index (χ4n) is 1.93. The van der Waals surface area contributed by atoms with Gasteiger partial charge in [0.05, 0.1) is 21.3 Å². The minimum atomic E-state index is -0.356. The highest BCUT2D eigenvalue weighted by atomic mass is 79.9. The number of benzene rings is 2. The molecule has 0 unspecified atom stereocenters. The van der Waals surface area contributed by atoms with Gasteiger partial charge in [0.2, 0.25) is 0 Å². The predicted octanol–water partition coefficient (Wildman–Crippen LogP) is 4.96. The summed E-state index contributed by atoms with van der Waals surface area (Å²) in [5.74, 6) is 1.36. The zero-order valence-electron chi connectivity index (χ0n) is 15.1. The molecule has 2 aromatic rings. The predicted molar refractivity (Wildman–Crippen MR) is 104 cm³/mol. The lowest BCUT2D eigenvalue weighted by Crippen LogP contribution is -1.93. The second-order valence-corrected chi connectivity index (χ2v) is 6.05. The van der Waals surface area contributed by atoms with E-state index in [4.69, 9.17) is 9.47 Å². The molecule has 0 saturated carbocycles. The van der Waals surface area contributed by atoms with Crippen molar-refractivity contribution in [1.82, 2.24) is 0 Å². The molecule has 0 bridgehead atoms. The van der Waals surface area contributed by atoms with Crippen LogP contribution in [0.15, 0.2) is 46.9 Å². The van der Waals surface area contributed by atoms with Gasteiger partial charge in [-0.05, 0) is 66.9 Å². The summed E-state index contributed by atoms with van der Waals surface area (Å²) in [6.45, 7) is 3.99. The van der Waals surface area contributed by atoms with Gasteiger partial charge in [-0.25, -0.2) is 4.79 Å². The van der Waals surface area contributed by atoms with E-state index in [0.29, 0.717) is 0 Å². The van der Waals surface area contributed by atoms with Gasteiger partial charge in [0, 0.05) is 10.5 Å². The number of halogens is 1. The van der Waals surface area contributed by atoms with E-state index in [0.717, 1.165) is 27.1 Å². The molecular weight excluding hydrogens is 384 g/mol. The monoisotopic (exact) mass is 406 g/mol. The van der Waals surface area contributed by atoms with E-state index in [1.807, 2.05) is 50.2 Å². The summed E-state index contributed by atoms with van der Waals surface area (Å²) in [6, 6.07) is 11.6. The van der Waals surface area contributed by atoms with E-state index >= 15 is 0 Å². The van der Waals surface area contributed by atoms with Gasteiger partial charge in [-0.15, -0.1) is 0 Å². The van der Waals surface area contributed by atoms with Crippen molar-refractivity contribution in [2.45, 2.75) is 13.8 Å². The average molecular weight is 407 g/mol. The van der Waals surface area contributed by atoms with Crippen molar-refractivity contribution in [2.24, 2.45) is 0 Å². The number of aryl methyl sites for hydroxylation is 2. The Labute approximate surface area is 157 Å². The molecule has 0 spiro atoms. The quantitative estimate of drug-likeness (QED) is 0.531. The number of rotatable bonds is 4. The van der Waals surface area contributed by atoms with E-state index in [1.54, 1.807) is 20.3 Å². The summed E-state index contributed by atoms with van der Waals surface area (Å²) in [5.41, 5.74) is 3.22. The lowest BCUT2D eigenvalue weighted by atomic mass is 10.1. The Kier molecular flexibility index (Phi) is 8.78. The first kappa shape index (κ1) is 20.8. The molecule has 0 N–H and O–H groups in total. The summed E-state index contributed by atoms with van der Waals surface area (Å²) >= 11 is 3.40. The number of hydrogen-bond acceptors (Lipinski definition) is 4. The van der Waals surface area contributed by atoms with Crippen molar-refractivity contribution < 1.29 is 19.0 Å². The molecule has 0 radical (unpaired) electrons. The van der Waals surface area contributed by atoms with E-state index in [-0.39, 0.29) is 5.97 Å². The number of esters is 1. The van der Waals surface area contributed by atoms with Gasteiger partial charge in [-0.2, -0.15) is 0 Å². The van der Waals surface area contributed by atoms with Crippen molar-refractivity contribution in [1.29, 1.82) is 0 Å². The van der Waals surface area contributed by atoms with E-state index in [9.17, 15) is 4.79 Å². The van der Waals surface area contributed by atoms with Crippen LogP contribution in [0.4, 0.5) is 0 Å². The van der Waals surface area contributed by atoms with Crippen LogP contribution in [0.5, 0.6) is 11.5 Å². The normalized spacial score (nSPS) is 10.0. The highest BCUT2D eigenvalue weighted by molar-refractivity contribution is 9.10. The van der Waals surface area contributed by atoms with Crippen LogP contribution in [0.1, 0.15) is 16.7 Å². The summed E-state index contributed by atoms with van der Waals surface area (Å²) in [6.07, 6.45) is 3.12. The fourth-order valence-corrected chi connectivity index (χ4v) is 2.18. The lowest BCUT2D eigenvalue weighted by Gasteiger charge is -2.03. The second kappa shape index (κ2) is 10.6. The van der Waals surface area contributed by atoms with Crippen molar-refractivity contribution in [3.05, 3.63) is 63.6 Å². The van der Waals surface area contributed by atoms with Crippen LogP contribution in [0.25, 0.3) is 6.08 Å². The van der Waals surface area contributed by atoms with Gasteiger partial charge in [0.15, 0.2) is 0 Å². The smallest absolute Gasteiger partial charge is 0.330 e. The molecule has 0 aliphatic heterocycles. The Bertz CT molecular complexity index is 738. The third-order valence-electron chi connectivity index (χ3n) is 3.44. The minimum Gasteiger partial charge on any atom is -0.497 e. The molecule has 134 valence electrons. The number of methoxy groups -OCH3 is 3. The standard InChI is InChI=1S/C12H14O3.C8H9BrO/c1-9-8-11(14-2)6-4-10(9)5-7-12(13)15-3;1-6-5-7(10-2)3-4-8(6)9/h4-8H,1-3H3;3-5H,1-2H3/b7-5+;. The molecule has 0 aliphatic carbocycles. The number of carbonyl (C=O) groups is 1. The molecule has 25 heavy (non-hydrogen) atoms. The van der Waals surface area contributed by atoms with Gasteiger partial charge in [-0.3, -0.25) is 0 Å². The van der Waals surface area contributed by atoms with Crippen LogP contribution >= 0.6 is 15.9 Å². The molecular formula is C20H23BrO4. The Morgan fingerprint density at radius 3 is 1.96 bits per heavy atom. The first-order valence-corrected chi connectivity index (χ1v) is 8.41. The minimum absolute atomic E-state index is 0.356.